The number of anilines is 1. The Kier molecular flexibility index (Phi) is 4.79. The maximum absolute atomic E-state index is 12.5. The molecule has 0 aromatic heterocycles. The van der Waals surface area contributed by atoms with E-state index in [-0.39, 0.29) is 24.1 Å². The van der Waals surface area contributed by atoms with Crippen LogP contribution in [-0.2, 0) is 21.4 Å². The van der Waals surface area contributed by atoms with E-state index < -0.39 is 11.0 Å². The summed E-state index contributed by atoms with van der Waals surface area (Å²) in [6.07, 6.45) is 7.79. The topological polar surface area (TPSA) is 90.9 Å². The van der Waals surface area contributed by atoms with Crippen molar-refractivity contribution in [1.29, 1.82) is 0 Å². The zero-order chi connectivity index (χ0) is 22.1. The fraction of sp³-hybridized carbons (Fsp3) is 0.667. The van der Waals surface area contributed by atoms with Crippen molar-refractivity contribution in [1.82, 2.24) is 10.2 Å². The van der Waals surface area contributed by atoms with E-state index in [1.54, 1.807) is 0 Å². The van der Waals surface area contributed by atoms with Gasteiger partial charge in [0, 0.05) is 18.2 Å². The molecule has 1 spiro atoms. The van der Waals surface area contributed by atoms with Crippen LogP contribution in [0.5, 0.6) is 5.75 Å². The molecule has 1 saturated heterocycles. The third-order valence-corrected chi connectivity index (χ3v) is 9.17. The highest BCUT2D eigenvalue weighted by atomic mass is 32.2. The van der Waals surface area contributed by atoms with Crippen LogP contribution in [-0.4, -0.2) is 71.2 Å². The van der Waals surface area contributed by atoms with Gasteiger partial charge in [0.2, 0.25) is 12.3 Å². The molecule has 7 nitrogen and oxygen atoms in total. The summed E-state index contributed by atoms with van der Waals surface area (Å²) < 4.78 is 6.63. The number of hydrogen-bond donors (Lipinski definition) is 3. The fourth-order valence-electron chi connectivity index (χ4n) is 7.20. The highest BCUT2D eigenvalue weighted by molar-refractivity contribution is 7.99. The van der Waals surface area contributed by atoms with Crippen molar-refractivity contribution in [3.8, 4) is 5.75 Å². The molecule has 2 bridgehead atoms. The van der Waals surface area contributed by atoms with Crippen LogP contribution in [0.25, 0.3) is 0 Å². The van der Waals surface area contributed by atoms with Crippen LogP contribution in [0.15, 0.2) is 12.1 Å². The third-order valence-electron chi connectivity index (χ3n) is 8.62. The number of carbonyl (C=O) groups excluding carboxylic acids is 2. The molecule has 2 amide bonds. The lowest BCUT2D eigenvalue weighted by molar-refractivity contribution is -0.192. The summed E-state index contributed by atoms with van der Waals surface area (Å²) in [7, 11) is 0. The molecule has 8 heteroatoms. The van der Waals surface area contributed by atoms with Gasteiger partial charge in [0.1, 0.15) is 11.9 Å². The number of piperidine rings is 1. The molecular formula is C24H31N3O4S. The quantitative estimate of drug-likeness (QED) is 0.540. The van der Waals surface area contributed by atoms with Crippen LogP contribution >= 0.6 is 11.8 Å². The minimum atomic E-state index is -0.899. The van der Waals surface area contributed by atoms with Crippen molar-refractivity contribution in [2.75, 3.05) is 30.4 Å². The molecule has 32 heavy (non-hydrogen) atoms. The van der Waals surface area contributed by atoms with E-state index in [2.05, 4.69) is 21.6 Å². The van der Waals surface area contributed by atoms with E-state index in [9.17, 15) is 14.7 Å². The molecule has 2 saturated carbocycles. The summed E-state index contributed by atoms with van der Waals surface area (Å²) in [5.74, 6) is 1.88. The Morgan fingerprint density at radius 3 is 2.94 bits per heavy atom. The molecule has 3 fully saturated rings. The molecule has 2 unspecified atom stereocenters. The van der Waals surface area contributed by atoms with Gasteiger partial charge in [0.25, 0.3) is 0 Å². The first-order valence-corrected chi connectivity index (χ1v) is 13.2. The van der Waals surface area contributed by atoms with Crippen molar-refractivity contribution in [3.05, 3.63) is 23.3 Å². The molecular weight excluding hydrogens is 426 g/mol. The second kappa shape index (κ2) is 7.37. The van der Waals surface area contributed by atoms with Gasteiger partial charge in [0.05, 0.1) is 28.5 Å². The van der Waals surface area contributed by atoms with E-state index in [1.165, 1.54) is 30.2 Å². The summed E-state index contributed by atoms with van der Waals surface area (Å²) in [5.41, 5.74) is 1.48. The van der Waals surface area contributed by atoms with Gasteiger partial charge in [-0.05, 0) is 68.9 Å². The number of carbonyl (C=O) groups is 2. The van der Waals surface area contributed by atoms with Gasteiger partial charge in [-0.15, -0.1) is 0 Å². The van der Waals surface area contributed by atoms with Crippen LogP contribution in [0.1, 0.15) is 43.2 Å². The highest BCUT2D eigenvalue weighted by Crippen LogP contribution is 2.65. The van der Waals surface area contributed by atoms with Gasteiger partial charge in [0.15, 0.2) is 0 Å². The second-order valence-corrected chi connectivity index (χ2v) is 11.1. The number of nitrogens with one attached hydrogen (secondary N) is 2. The average Bonchev–Trinajstić information content (AvgIpc) is 3.50. The van der Waals surface area contributed by atoms with Gasteiger partial charge >= 0.3 is 0 Å². The molecule has 3 N–H and O–H groups in total. The molecule has 3 aliphatic carbocycles. The lowest BCUT2D eigenvalue weighted by Crippen LogP contribution is -2.78. The fourth-order valence-corrected chi connectivity index (χ4v) is 7.55. The zero-order valence-corrected chi connectivity index (χ0v) is 19.2. The molecule has 1 aromatic carbocycles. The van der Waals surface area contributed by atoms with Gasteiger partial charge in [-0.2, -0.15) is 11.8 Å². The Morgan fingerprint density at radius 2 is 2.19 bits per heavy atom. The average molecular weight is 458 g/mol. The summed E-state index contributed by atoms with van der Waals surface area (Å²) in [5, 5.41) is 18.5. The Bertz CT molecular complexity index is 969. The number of ether oxygens (including phenoxy) is 1. The first-order chi connectivity index (χ1) is 15.5. The number of thioether (sulfide) groups is 1. The lowest BCUT2D eigenvalue weighted by Gasteiger charge is -2.64. The second-order valence-electron chi connectivity index (χ2n) is 10.2. The molecule has 0 radical (unpaired) electrons. The summed E-state index contributed by atoms with van der Waals surface area (Å²) in [4.78, 5) is 26.3. The molecule has 2 aliphatic heterocycles. The predicted molar refractivity (Wildman–Crippen MR) is 123 cm³/mol. The molecule has 1 aromatic rings. The lowest BCUT2D eigenvalue weighted by atomic mass is 9.48. The van der Waals surface area contributed by atoms with Crippen LogP contribution in [0.2, 0.25) is 0 Å². The smallest absolute Gasteiger partial charge is 0.230 e. The molecule has 172 valence electrons. The third kappa shape index (κ3) is 2.75. The molecule has 6 rings (SSSR count). The molecule has 5 atom stereocenters. The van der Waals surface area contributed by atoms with Gasteiger partial charge in [-0.25, -0.2) is 0 Å². The van der Waals surface area contributed by atoms with Crippen molar-refractivity contribution >= 4 is 29.8 Å². The van der Waals surface area contributed by atoms with Crippen molar-refractivity contribution in [2.45, 2.75) is 67.7 Å². The first-order valence-electron chi connectivity index (χ1n) is 11.8. The Labute approximate surface area is 192 Å². The van der Waals surface area contributed by atoms with E-state index in [1.807, 2.05) is 12.3 Å². The standard InChI is InChI=1S/C24H31N3O4S/c1-32-12-19(29)26-17-6-7-24(30)18-10-15-4-5-16(25-13-28)21-20(15)23(24,22(17)31-21)8-9-27(18)11-14-2-3-14/h4-5,13-14,17-18,22,30H,2-3,6-12H2,1H3,(H,25,28)(H,26,29)/t17?,18-,22?,23+,24-/m1/s1. The summed E-state index contributed by atoms with van der Waals surface area (Å²) >= 11 is 1.50. The number of aliphatic hydroxyl groups is 1. The number of hydrogen-bond acceptors (Lipinski definition) is 6. The maximum Gasteiger partial charge on any atom is 0.230 e. The number of amides is 2. The Balaban J connectivity index is 1.46. The first kappa shape index (κ1) is 20.8. The van der Waals surface area contributed by atoms with E-state index >= 15 is 0 Å². The number of nitrogens with zero attached hydrogens (tertiary/aromatic N) is 1. The zero-order valence-electron chi connectivity index (χ0n) is 18.4. The van der Waals surface area contributed by atoms with Gasteiger partial charge < -0.3 is 20.5 Å². The number of rotatable bonds is 7. The Morgan fingerprint density at radius 1 is 1.34 bits per heavy atom. The minimum absolute atomic E-state index is 0.00823. The minimum Gasteiger partial charge on any atom is -0.485 e. The van der Waals surface area contributed by atoms with Crippen LogP contribution in [0.4, 0.5) is 5.69 Å². The normalized spacial score (nSPS) is 36.8. The summed E-state index contributed by atoms with van der Waals surface area (Å²) in [6.45, 7) is 1.99. The van der Waals surface area contributed by atoms with Crippen LogP contribution in [0.3, 0.4) is 0 Å². The van der Waals surface area contributed by atoms with Crippen LogP contribution < -0.4 is 15.4 Å². The SMILES string of the molecule is CSCC(=O)NC1CC[C@@]2(O)[C@H]3Cc4ccc(NC=O)c5c4[C@@]2(CCN3CC2CC2)C1O5. The van der Waals surface area contributed by atoms with Gasteiger partial charge in [-0.1, -0.05) is 6.07 Å². The predicted octanol–water partition coefficient (Wildman–Crippen LogP) is 1.67. The van der Waals surface area contributed by atoms with Gasteiger partial charge in [-0.3, -0.25) is 14.5 Å². The number of benzene rings is 1. The van der Waals surface area contributed by atoms with E-state index in [0.717, 1.165) is 37.4 Å². The van der Waals surface area contributed by atoms with E-state index in [4.69, 9.17) is 4.74 Å². The Hall–Kier alpha value is -1.77. The van der Waals surface area contributed by atoms with Crippen molar-refractivity contribution in [3.63, 3.8) is 0 Å². The highest BCUT2D eigenvalue weighted by Gasteiger charge is 2.73. The maximum atomic E-state index is 12.5. The monoisotopic (exact) mass is 457 g/mol. The molecule has 2 heterocycles. The number of likely N-dealkylation sites (tertiary alicyclic amines) is 1. The largest absolute Gasteiger partial charge is 0.485 e. The summed E-state index contributed by atoms with van der Waals surface area (Å²) in [6, 6.07) is 3.92. The van der Waals surface area contributed by atoms with Crippen molar-refractivity contribution < 1.29 is 19.4 Å². The van der Waals surface area contributed by atoms with Crippen molar-refractivity contribution in [2.24, 2.45) is 5.92 Å². The van der Waals surface area contributed by atoms with Crippen LogP contribution in [0, 0.1) is 5.92 Å². The molecule has 5 aliphatic rings. The van der Waals surface area contributed by atoms with E-state index in [0.29, 0.717) is 36.4 Å².